The molecule has 1 aliphatic rings. The van der Waals surface area contributed by atoms with E-state index in [-0.39, 0.29) is 5.91 Å². The summed E-state index contributed by atoms with van der Waals surface area (Å²) in [5.41, 5.74) is 5.62. The van der Waals surface area contributed by atoms with E-state index in [1.54, 1.807) is 0 Å². The molecule has 2 aromatic heterocycles. The highest BCUT2D eigenvalue weighted by Crippen LogP contribution is 2.18. The van der Waals surface area contributed by atoms with Crippen LogP contribution in [0.1, 0.15) is 36.0 Å². The molecule has 6 heteroatoms. The Morgan fingerprint density at radius 2 is 1.96 bits per heavy atom. The molecule has 26 heavy (non-hydrogen) atoms. The smallest absolute Gasteiger partial charge is 0.244 e. The Labute approximate surface area is 155 Å². The van der Waals surface area contributed by atoms with Gasteiger partial charge in [-0.1, -0.05) is 6.92 Å². The largest absolute Gasteiger partial charge is 0.370 e. The summed E-state index contributed by atoms with van der Waals surface area (Å²) in [5, 5.41) is 4.56. The van der Waals surface area contributed by atoms with E-state index in [0.29, 0.717) is 6.54 Å². The second kappa shape index (κ2) is 7.89. The van der Waals surface area contributed by atoms with Crippen LogP contribution in [0.2, 0.25) is 0 Å². The minimum absolute atomic E-state index is 0.158. The van der Waals surface area contributed by atoms with Gasteiger partial charge in [0.15, 0.2) is 0 Å². The average molecular weight is 355 g/mol. The third kappa shape index (κ3) is 3.89. The molecule has 0 bridgehead atoms. The van der Waals surface area contributed by atoms with E-state index in [1.165, 1.54) is 11.3 Å². The van der Waals surface area contributed by atoms with Crippen LogP contribution in [0.4, 0.5) is 5.69 Å². The van der Waals surface area contributed by atoms with Gasteiger partial charge in [0, 0.05) is 49.5 Å². The fourth-order valence-electron chi connectivity index (χ4n) is 3.78. The lowest BCUT2D eigenvalue weighted by atomic mass is 10.1. The first-order valence-electron chi connectivity index (χ1n) is 9.48. The molecular weight excluding hydrogens is 326 g/mol. The van der Waals surface area contributed by atoms with Crippen molar-refractivity contribution in [2.24, 2.45) is 0 Å². The lowest BCUT2D eigenvalue weighted by molar-refractivity contribution is -0.131. The van der Waals surface area contributed by atoms with Gasteiger partial charge in [-0.15, -0.1) is 0 Å². The number of carbonyl (C=O) groups is 1. The monoisotopic (exact) mass is 355 g/mol. The molecule has 6 nitrogen and oxygen atoms in total. The summed E-state index contributed by atoms with van der Waals surface area (Å²) >= 11 is 0. The van der Waals surface area contributed by atoms with Gasteiger partial charge in [-0.3, -0.25) is 14.5 Å². The summed E-state index contributed by atoms with van der Waals surface area (Å²) in [4.78, 5) is 21.4. The van der Waals surface area contributed by atoms with Crippen LogP contribution >= 0.6 is 0 Å². The van der Waals surface area contributed by atoms with Crippen molar-refractivity contribution in [2.75, 3.05) is 31.1 Å². The number of pyridine rings is 1. The van der Waals surface area contributed by atoms with Crippen LogP contribution in [0.25, 0.3) is 0 Å². The second-order valence-electron chi connectivity index (χ2n) is 7.04. The Bertz CT molecular complexity index is 783. The first kappa shape index (κ1) is 18.4. The molecule has 0 saturated carbocycles. The Morgan fingerprint density at radius 1 is 1.15 bits per heavy atom. The lowest BCUT2D eigenvalue weighted by Crippen LogP contribution is -2.37. The predicted octanol–water partition coefficient (Wildman–Crippen LogP) is 2.50. The lowest BCUT2D eigenvalue weighted by Gasteiger charge is -2.24. The number of rotatable bonds is 4. The molecule has 0 aromatic carbocycles. The van der Waals surface area contributed by atoms with Gasteiger partial charge in [-0.25, -0.2) is 0 Å². The van der Waals surface area contributed by atoms with E-state index < -0.39 is 0 Å². The van der Waals surface area contributed by atoms with E-state index in [4.69, 9.17) is 0 Å². The fraction of sp³-hybridized carbons (Fsp3) is 0.550. The van der Waals surface area contributed by atoms with Crippen LogP contribution in [-0.2, 0) is 17.8 Å². The maximum atomic E-state index is 12.8. The van der Waals surface area contributed by atoms with Crippen LogP contribution in [0.3, 0.4) is 0 Å². The standard InChI is InChI=1S/C20H29N5O/c1-5-19-16(3)22-25(17(19)4)14-20(26)24-10-6-9-23(11-12-24)18-7-8-21-15(2)13-18/h7-8,13H,5-6,9-12,14H2,1-4H3. The molecule has 3 heterocycles. The third-order valence-electron chi connectivity index (χ3n) is 5.26. The zero-order valence-electron chi connectivity index (χ0n) is 16.3. The number of anilines is 1. The molecule has 0 spiro atoms. The first-order chi connectivity index (χ1) is 12.5. The minimum atomic E-state index is 0.158. The first-order valence-corrected chi connectivity index (χ1v) is 9.48. The number of nitrogens with zero attached hydrogens (tertiary/aromatic N) is 5. The van der Waals surface area contributed by atoms with Gasteiger partial charge in [0.1, 0.15) is 6.54 Å². The van der Waals surface area contributed by atoms with Crippen molar-refractivity contribution < 1.29 is 4.79 Å². The molecule has 0 atom stereocenters. The van der Waals surface area contributed by atoms with E-state index in [1.807, 2.05) is 35.7 Å². The summed E-state index contributed by atoms with van der Waals surface area (Å²) in [5.74, 6) is 0.158. The van der Waals surface area contributed by atoms with E-state index in [9.17, 15) is 4.79 Å². The summed E-state index contributed by atoms with van der Waals surface area (Å²) in [6.07, 6.45) is 3.78. The maximum absolute atomic E-state index is 12.8. The summed E-state index contributed by atoms with van der Waals surface area (Å²) in [7, 11) is 0. The van der Waals surface area contributed by atoms with Crippen molar-refractivity contribution in [3.63, 3.8) is 0 Å². The molecule has 140 valence electrons. The molecule has 0 N–H and O–H groups in total. The van der Waals surface area contributed by atoms with E-state index >= 15 is 0 Å². The van der Waals surface area contributed by atoms with Gasteiger partial charge < -0.3 is 9.80 Å². The zero-order valence-corrected chi connectivity index (χ0v) is 16.3. The topological polar surface area (TPSA) is 54.3 Å². The van der Waals surface area contributed by atoms with Gasteiger partial charge in [0.05, 0.1) is 5.69 Å². The van der Waals surface area contributed by atoms with Crippen molar-refractivity contribution in [2.45, 2.75) is 47.1 Å². The van der Waals surface area contributed by atoms with Gasteiger partial charge in [-0.2, -0.15) is 5.10 Å². The van der Waals surface area contributed by atoms with E-state index in [2.05, 4.69) is 34.9 Å². The number of aromatic nitrogens is 3. The molecule has 1 amide bonds. The molecule has 2 aromatic rings. The normalized spacial score (nSPS) is 15.2. The van der Waals surface area contributed by atoms with Crippen molar-refractivity contribution in [3.8, 4) is 0 Å². The quantitative estimate of drug-likeness (QED) is 0.846. The van der Waals surface area contributed by atoms with Crippen LogP contribution in [0, 0.1) is 20.8 Å². The van der Waals surface area contributed by atoms with Crippen LogP contribution in [-0.4, -0.2) is 51.8 Å². The Morgan fingerprint density at radius 3 is 2.65 bits per heavy atom. The SMILES string of the molecule is CCc1c(C)nn(CC(=O)N2CCCN(c3ccnc(C)c3)CC2)c1C. The molecule has 1 saturated heterocycles. The second-order valence-corrected chi connectivity index (χ2v) is 7.04. The summed E-state index contributed by atoms with van der Waals surface area (Å²) < 4.78 is 1.87. The fourth-order valence-corrected chi connectivity index (χ4v) is 3.78. The maximum Gasteiger partial charge on any atom is 0.244 e. The highest BCUT2D eigenvalue weighted by Gasteiger charge is 2.21. The minimum Gasteiger partial charge on any atom is -0.370 e. The third-order valence-corrected chi connectivity index (χ3v) is 5.26. The molecule has 0 aliphatic carbocycles. The van der Waals surface area contributed by atoms with Crippen molar-refractivity contribution in [1.82, 2.24) is 19.7 Å². The summed E-state index contributed by atoms with van der Waals surface area (Å²) in [6, 6.07) is 4.16. The molecule has 1 fully saturated rings. The molecule has 3 rings (SSSR count). The highest BCUT2D eigenvalue weighted by molar-refractivity contribution is 5.76. The number of amides is 1. The van der Waals surface area contributed by atoms with Gasteiger partial charge >= 0.3 is 0 Å². The Balaban J connectivity index is 1.64. The Kier molecular flexibility index (Phi) is 5.59. The molecular formula is C20H29N5O. The van der Waals surface area contributed by atoms with E-state index in [0.717, 1.165) is 56.1 Å². The summed E-state index contributed by atoms with van der Waals surface area (Å²) in [6.45, 7) is 11.9. The van der Waals surface area contributed by atoms with Crippen LogP contribution in [0.15, 0.2) is 18.3 Å². The molecule has 0 radical (unpaired) electrons. The number of carbonyl (C=O) groups excluding carboxylic acids is 1. The number of hydrogen-bond acceptors (Lipinski definition) is 4. The van der Waals surface area contributed by atoms with Crippen molar-refractivity contribution in [1.29, 1.82) is 0 Å². The number of hydrogen-bond donors (Lipinski definition) is 0. The molecule has 0 unspecified atom stereocenters. The van der Waals surface area contributed by atoms with Gasteiger partial charge in [0.2, 0.25) is 5.91 Å². The molecule has 1 aliphatic heterocycles. The predicted molar refractivity (Wildman–Crippen MR) is 103 cm³/mol. The highest BCUT2D eigenvalue weighted by atomic mass is 16.2. The van der Waals surface area contributed by atoms with Gasteiger partial charge in [-0.05, 0) is 51.3 Å². The Hall–Kier alpha value is -2.37. The van der Waals surface area contributed by atoms with Crippen molar-refractivity contribution in [3.05, 3.63) is 41.0 Å². The average Bonchev–Trinajstić information content (AvgIpc) is 2.80. The van der Waals surface area contributed by atoms with Crippen LogP contribution < -0.4 is 4.90 Å². The van der Waals surface area contributed by atoms with Crippen LogP contribution in [0.5, 0.6) is 0 Å². The number of aryl methyl sites for hydroxylation is 2. The zero-order chi connectivity index (χ0) is 18.7. The van der Waals surface area contributed by atoms with Gasteiger partial charge in [0.25, 0.3) is 0 Å². The van der Waals surface area contributed by atoms with Crippen molar-refractivity contribution >= 4 is 11.6 Å².